The van der Waals surface area contributed by atoms with Crippen molar-refractivity contribution in [3.05, 3.63) is 36.4 Å². The molecule has 92 valence electrons. The highest BCUT2D eigenvalue weighted by atomic mass is 32.1. The lowest BCUT2D eigenvalue weighted by atomic mass is 10.1. The summed E-state index contributed by atoms with van der Waals surface area (Å²) in [6, 6.07) is 13.8. The molecule has 1 amide bonds. The summed E-state index contributed by atoms with van der Waals surface area (Å²) in [4.78, 5) is 15.7. The van der Waals surface area contributed by atoms with Crippen molar-refractivity contribution in [1.82, 2.24) is 4.98 Å². The first-order valence-electron chi connectivity index (χ1n) is 5.73. The number of amides is 1. The number of hydrogen-bond acceptors (Lipinski definition) is 4. The average Bonchev–Trinajstić information content (AvgIpc) is 2.81. The van der Waals surface area contributed by atoms with Crippen molar-refractivity contribution >= 4 is 43.4 Å². The van der Waals surface area contributed by atoms with Crippen LogP contribution in [0.4, 0.5) is 5.13 Å². The molecule has 0 fully saturated rings. The summed E-state index contributed by atoms with van der Waals surface area (Å²) in [6.45, 7) is 0. The van der Waals surface area contributed by atoms with Gasteiger partial charge >= 0.3 is 0 Å². The van der Waals surface area contributed by atoms with Crippen LogP contribution in [0.3, 0.4) is 0 Å². The molecule has 0 saturated heterocycles. The molecule has 0 aliphatic carbocycles. The number of nitrogens with one attached hydrogen (secondary N) is 1. The topological polar surface area (TPSA) is 65.8 Å². The predicted octanol–water partition coefficient (Wildman–Crippen LogP) is 3.30. The molecule has 5 heteroatoms. The Bertz CT molecular complexity index is 816. The lowest BCUT2D eigenvalue weighted by Gasteiger charge is -1.96. The van der Waals surface area contributed by atoms with Crippen molar-refractivity contribution in [1.29, 1.82) is 5.26 Å². The first-order chi connectivity index (χ1) is 9.28. The number of carbonyl (C=O) groups excluding carboxylic acids is 1. The molecule has 0 saturated carbocycles. The van der Waals surface area contributed by atoms with E-state index in [0.717, 1.165) is 21.0 Å². The van der Waals surface area contributed by atoms with Gasteiger partial charge in [0, 0.05) is 5.39 Å². The van der Waals surface area contributed by atoms with Gasteiger partial charge in [0.2, 0.25) is 5.91 Å². The fourth-order valence-electron chi connectivity index (χ4n) is 1.94. The monoisotopic (exact) mass is 267 g/mol. The van der Waals surface area contributed by atoms with Crippen LogP contribution in [0.5, 0.6) is 0 Å². The van der Waals surface area contributed by atoms with E-state index in [1.807, 2.05) is 42.5 Å². The van der Waals surface area contributed by atoms with Crippen LogP contribution in [-0.2, 0) is 4.79 Å². The zero-order valence-electron chi connectivity index (χ0n) is 9.88. The number of anilines is 1. The van der Waals surface area contributed by atoms with E-state index >= 15 is 0 Å². The Kier molecular flexibility index (Phi) is 2.86. The van der Waals surface area contributed by atoms with Crippen molar-refractivity contribution in [2.45, 2.75) is 6.42 Å². The van der Waals surface area contributed by atoms with Gasteiger partial charge in [-0.2, -0.15) is 5.26 Å². The number of nitriles is 1. The fourth-order valence-corrected chi connectivity index (χ4v) is 2.96. The Balaban J connectivity index is 2.08. The van der Waals surface area contributed by atoms with E-state index in [9.17, 15) is 4.79 Å². The summed E-state index contributed by atoms with van der Waals surface area (Å²) in [6.07, 6.45) is -0.156. The van der Waals surface area contributed by atoms with Gasteiger partial charge in [0.1, 0.15) is 6.42 Å². The molecule has 3 rings (SSSR count). The number of fused-ring (bicyclic) bond motifs is 3. The maximum atomic E-state index is 11.4. The molecule has 0 unspecified atom stereocenters. The molecular weight excluding hydrogens is 258 g/mol. The lowest BCUT2D eigenvalue weighted by Crippen LogP contribution is -2.09. The Morgan fingerprint density at radius 2 is 2.16 bits per heavy atom. The molecule has 0 atom stereocenters. The van der Waals surface area contributed by atoms with Gasteiger partial charge in [-0.05, 0) is 11.5 Å². The molecule has 4 nitrogen and oxygen atoms in total. The van der Waals surface area contributed by atoms with Gasteiger partial charge in [0.25, 0.3) is 0 Å². The van der Waals surface area contributed by atoms with E-state index in [0.29, 0.717) is 5.13 Å². The van der Waals surface area contributed by atoms with E-state index in [4.69, 9.17) is 5.26 Å². The number of rotatable bonds is 2. The van der Waals surface area contributed by atoms with Crippen LogP contribution in [0.2, 0.25) is 0 Å². The molecule has 0 radical (unpaired) electrons. The highest BCUT2D eigenvalue weighted by Crippen LogP contribution is 2.32. The number of benzene rings is 2. The van der Waals surface area contributed by atoms with Gasteiger partial charge in [0.05, 0.1) is 16.3 Å². The third kappa shape index (κ3) is 2.14. The molecule has 1 N–H and O–H groups in total. The van der Waals surface area contributed by atoms with Gasteiger partial charge in [-0.1, -0.05) is 41.7 Å². The molecule has 0 spiro atoms. The Morgan fingerprint density at radius 1 is 1.32 bits per heavy atom. The number of thiazole rings is 1. The predicted molar refractivity (Wildman–Crippen MR) is 76.0 cm³/mol. The van der Waals surface area contributed by atoms with Crippen molar-refractivity contribution in [2.24, 2.45) is 0 Å². The highest BCUT2D eigenvalue weighted by Gasteiger charge is 2.09. The number of aromatic nitrogens is 1. The molecule has 0 aliphatic heterocycles. The van der Waals surface area contributed by atoms with E-state index in [1.54, 1.807) is 0 Å². The Morgan fingerprint density at radius 3 is 3.00 bits per heavy atom. The maximum absolute atomic E-state index is 11.4. The van der Waals surface area contributed by atoms with Gasteiger partial charge in [-0.15, -0.1) is 0 Å². The van der Waals surface area contributed by atoms with Crippen molar-refractivity contribution in [3.63, 3.8) is 0 Å². The summed E-state index contributed by atoms with van der Waals surface area (Å²) in [5, 5.41) is 13.9. The van der Waals surface area contributed by atoms with Crippen molar-refractivity contribution < 1.29 is 4.79 Å². The quantitative estimate of drug-likeness (QED) is 0.774. The van der Waals surface area contributed by atoms with Crippen LogP contribution in [0, 0.1) is 11.3 Å². The summed E-state index contributed by atoms with van der Waals surface area (Å²) >= 11 is 1.43. The van der Waals surface area contributed by atoms with Gasteiger partial charge in [-0.3, -0.25) is 4.79 Å². The third-order valence-electron chi connectivity index (χ3n) is 2.77. The normalized spacial score (nSPS) is 10.5. The van der Waals surface area contributed by atoms with Crippen LogP contribution in [0.25, 0.3) is 21.0 Å². The molecule has 0 aliphatic rings. The number of hydrogen-bond donors (Lipinski definition) is 1. The van der Waals surface area contributed by atoms with Crippen LogP contribution >= 0.6 is 11.3 Å². The van der Waals surface area contributed by atoms with Crippen LogP contribution in [-0.4, -0.2) is 10.9 Å². The zero-order valence-corrected chi connectivity index (χ0v) is 10.7. The second-order valence-electron chi connectivity index (χ2n) is 4.04. The Labute approximate surface area is 113 Å². The SMILES string of the molecule is N#CCC(=O)Nc1nc2ccc3ccccc3c2s1. The second-order valence-corrected chi connectivity index (χ2v) is 5.04. The number of carbonyl (C=O) groups is 1. The van der Waals surface area contributed by atoms with E-state index in [1.165, 1.54) is 11.3 Å². The molecule has 1 heterocycles. The summed E-state index contributed by atoms with van der Waals surface area (Å²) < 4.78 is 1.05. The molecular formula is C14H9N3OS. The first-order valence-corrected chi connectivity index (χ1v) is 6.54. The minimum atomic E-state index is -0.328. The van der Waals surface area contributed by atoms with Gasteiger partial charge in [-0.25, -0.2) is 4.98 Å². The highest BCUT2D eigenvalue weighted by molar-refractivity contribution is 7.23. The van der Waals surface area contributed by atoms with Gasteiger partial charge in [0.15, 0.2) is 5.13 Å². The fraction of sp³-hybridized carbons (Fsp3) is 0.0714. The smallest absolute Gasteiger partial charge is 0.240 e. The van der Waals surface area contributed by atoms with Crippen molar-refractivity contribution in [2.75, 3.05) is 5.32 Å². The number of nitrogens with zero attached hydrogens (tertiary/aromatic N) is 2. The zero-order chi connectivity index (χ0) is 13.2. The third-order valence-corrected chi connectivity index (χ3v) is 3.79. The Hall–Kier alpha value is -2.45. The summed E-state index contributed by atoms with van der Waals surface area (Å²) in [5.74, 6) is -0.328. The summed E-state index contributed by atoms with van der Waals surface area (Å²) in [5.41, 5.74) is 0.857. The molecule has 2 aromatic carbocycles. The maximum Gasteiger partial charge on any atom is 0.240 e. The van der Waals surface area contributed by atoms with Crippen LogP contribution < -0.4 is 5.32 Å². The first kappa shape index (κ1) is 11.6. The van der Waals surface area contributed by atoms with Crippen LogP contribution in [0.1, 0.15) is 6.42 Å². The molecule has 1 aromatic heterocycles. The van der Waals surface area contributed by atoms with Crippen LogP contribution in [0.15, 0.2) is 36.4 Å². The largest absolute Gasteiger partial charge is 0.301 e. The van der Waals surface area contributed by atoms with E-state index in [2.05, 4.69) is 10.3 Å². The molecule has 3 aromatic rings. The van der Waals surface area contributed by atoms with Gasteiger partial charge < -0.3 is 5.32 Å². The molecule has 19 heavy (non-hydrogen) atoms. The molecule has 0 bridgehead atoms. The van der Waals surface area contributed by atoms with E-state index < -0.39 is 0 Å². The summed E-state index contributed by atoms with van der Waals surface area (Å²) in [7, 11) is 0. The average molecular weight is 267 g/mol. The standard InChI is InChI=1S/C14H9N3OS/c15-8-7-12(18)17-14-16-11-6-5-9-3-1-2-4-10(9)13(11)19-14/h1-6H,7H2,(H,16,17,18). The van der Waals surface area contributed by atoms with Crippen molar-refractivity contribution in [3.8, 4) is 6.07 Å². The lowest BCUT2D eigenvalue weighted by molar-refractivity contribution is -0.115. The van der Waals surface area contributed by atoms with E-state index in [-0.39, 0.29) is 12.3 Å². The minimum Gasteiger partial charge on any atom is -0.301 e. The minimum absolute atomic E-state index is 0.156. The second kappa shape index (κ2) is 4.67.